The van der Waals surface area contributed by atoms with Crippen LogP contribution in [0.3, 0.4) is 0 Å². The molecule has 108 valence electrons. The Morgan fingerprint density at radius 2 is 1.85 bits per heavy atom. The van der Waals surface area contributed by atoms with E-state index in [1.165, 1.54) is 37.7 Å². The van der Waals surface area contributed by atoms with Crippen LogP contribution in [-0.2, 0) is 0 Å². The Bertz CT molecular complexity index is 508. The zero-order valence-corrected chi connectivity index (χ0v) is 12.7. The fraction of sp³-hybridized carbons (Fsp3) is 0.611. The monoisotopic (exact) mass is 271 g/mol. The Labute approximate surface area is 122 Å². The lowest BCUT2D eigenvalue weighted by Crippen LogP contribution is -2.44. The van der Waals surface area contributed by atoms with Crippen LogP contribution in [0.5, 0.6) is 0 Å². The molecule has 3 rings (SSSR count). The summed E-state index contributed by atoms with van der Waals surface area (Å²) in [4.78, 5) is 14.8. The van der Waals surface area contributed by atoms with Gasteiger partial charge in [0.05, 0.1) is 0 Å². The van der Waals surface area contributed by atoms with E-state index < -0.39 is 0 Å². The van der Waals surface area contributed by atoms with E-state index in [4.69, 9.17) is 0 Å². The number of fused-ring (bicyclic) bond motifs is 1. The minimum absolute atomic E-state index is 0.242. The molecular weight excluding hydrogens is 246 g/mol. The van der Waals surface area contributed by atoms with Gasteiger partial charge in [0.1, 0.15) is 0 Å². The maximum absolute atomic E-state index is 12.7. The first-order valence-electron chi connectivity index (χ1n) is 8.01. The molecule has 1 saturated carbocycles. The number of benzene rings is 1. The van der Waals surface area contributed by atoms with E-state index in [2.05, 4.69) is 17.9 Å². The Balaban J connectivity index is 1.74. The molecule has 2 nitrogen and oxygen atoms in total. The van der Waals surface area contributed by atoms with Crippen molar-refractivity contribution in [1.82, 2.24) is 4.90 Å². The molecule has 0 radical (unpaired) electrons. The summed E-state index contributed by atoms with van der Waals surface area (Å²) in [7, 11) is 0. The van der Waals surface area contributed by atoms with Gasteiger partial charge in [0, 0.05) is 18.7 Å². The van der Waals surface area contributed by atoms with Gasteiger partial charge in [0.25, 0.3) is 5.91 Å². The Morgan fingerprint density at radius 3 is 2.60 bits per heavy atom. The van der Waals surface area contributed by atoms with Crippen LogP contribution in [0.2, 0.25) is 0 Å². The van der Waals surface area contributed by atoms with Crippen LogP contribution >= 0.6 is 0 Å². The normalized spacial score (nSPS) is 26.2. The third kappa shape index (κ3) is 2.61. The highest BCUT2D eigenvalue weighted by Gasteiger charge is 2.33. The van der Waals surface area contributed by atoms with Crippen LogP contribution in [0.4, 0.5) is 0 Å². The lowest BCUT2D eigenvalue weighted by atomic mass is 9.75. The fourth-order valence-electron chi connectivity index (χ4n) is 4.01. The van der Waals surface area contributed by atoms with E-state index >= 15 is 0 Å². The Kier molecular flexibility index (Phi) is 3.82. The number of nitrogens with zero attached hydrogens (tertiary/aromatic N) is 1. The van der Waals surface area contributed by atoms with E-state index in [1.54, 1.807) is 0 Å². The minimum atomic E-state index is 0.242. The molecule has 2 atom stereocenters. The molecular formula is C18H25NO. The third-order valence-electron chi connectivity index (χ3n) is 5.19. The van der Waals surface area contributed by atoms with Gasteiger partial charge in [-0.15, -0.1) is 0 Å². The van der Waals surface area contributed by atoms with Crippen molar-refractivity contribution in [2.24, 2.45) is 11.8 Å². The van der Waals surface area contributed by atoms with Crippen molar-refractivity contribution in [3.05, 3.63) is 34.9 Å². The van der Waals surface area contributed by atoms with E-state index in [0.29, 0.717) is 0 Å². The van der Waals surface area contributed by atoms with Gasteiger partial charge in [-0.3, -0.25) is 4.79 Å². The van der Waals surface area contributed by atoms with Gasteiger partial charge in [-0.05, 0) is 50.2 Å². The van der Waals surface area contributed by atoms with Gasteiger partial charge < -0.3 is 4.90 Å². The summed E-state index contributed by atoms with van der Waals surface area (Å²) in [6.45, 7) is 6.06. The molecule has 2 aliphatic rings. The molecule has 20 heavy (non-hydrogen) atoms. The average molecular weight is 271 g/mol. The third-order valence-corrected chi connectivity index (χ3v) is 5.19. The lowest BCUT2D eigenvalue weighted by Gasteiger charge is -2.41. The molecule has 0 spiro atoms. The maximum atomic E-state index is 12.7. The number of carbonyl (C=O) groups is 1. The number of aryl methyl sites for hydroxylation is 2. The van der Waals surface area contributed by atoms with Gasteiger partial charge >= 0.3 is 0 Å². The second-order valence-electron chi connectivity index (χ2n) is 6.66. The highest BCUT2D eigenvalue weighted by Crippen LogP contribution is 2.36. The Hall–Kier alpha value is -1.31. The molecule has 2 fully saturated rings. The summed E-state index contributed by atoms with van der Waals surface area (Å²) in [5.74, 6) is 1.88. The number of amides is 1. The van der Waals surface area contributed by atoms with Crippen molar-refractivity contribution in [1.29, 1.82) is 0 Å². The largest absolute Gasteiger partial charge is 0.338 e. The first kappa shape index (κ1) is 13.7. The fourth-order valence-corrected chi connectivity index (χ4v) is 4.01. The minimum Gasteiger partial charge on any atom is -0.338 e. The first-order valence-corrected chi connectivity index (χ1v) is 8.01. The van der Waals surface area contributed by atoms with Gasteiger partial charge in [-0.1, -0.05) is 37.0 Å². The maximum Gasteiger partial charge on any atom is 0.254 e. The standard InChI is InChI=1S/C18H25NO/c1-13-7-8-17(14(2)11-13)18(20)19-10-9-15-5-3-4-6-16(15)12-19/h7-8,11,15-16H,3-6,9-10,12H2,1-2H3/t15-,16+/m1/s1. The van der Waals surface area contributed by atoms with Gasteiger partial charge in [0.15, 0.2) is 0 Å². The molecule has 1 amide bonds. The highest BCUT2D eigenvalue weighted by atomic mass is 16.2. The van der Waals surface area contributed by atoms with Crippen molar-refractivity contribution in [2.45, 2.75) is 46.0 Å². The summed E-state index contributed by atoms with van der Waals surface area (Å²) < 4.78 is 0. The molecule has 1 saturated heterocycles. The van der Waals surface area contributed by atoms with Crippen LogP contribution in [0.15, 0.2) is 18.2 Å². The van der Waals surface area contributed by atoms with Crippen molar-refractivity contribution in [2.75, 3.05) is 13.1 Å². The Morgan fingerprint density at radius 1 is 1.10 bits per heavy atom. The predicted molar refractivity (Wildman–Crippen MR) is 81.9 cm³/mol. The van der Waals surface area contributed by atoms with Crippen LogP contribution in [0.1, 0.15) is 53.6 Å². The van der Waals surface area contributed by atoms with E-state index in [-0.39, 0.29) is 5.91 Å². The van der Waals surface area contributed by atoms with E-state index in [9.17, 15) is 4.79 Å². The lowest BCUT2D eigenvalue weighted by molar-refractivity contribution is 0.0520. The van der Waals surface area contributed by atoms with Gasteiger partial charge in [0.2, 0.25) is 0 Å². The predicted octanol–water partition coefficient (Wildman–Crippen LogP) is 3.96. The molecule has 1 heterocycles. The van der Waals surface area contributed by atoms with Crippen LogP contribution < -0.4 is 0 Å². The molecule has 1 aromatic rings. The summed E-state index contributed by atoms with van der Waals surface area (Å²) >= 11 is 0. The molecule has 1 aliphatic heterocycles. The summed E-state index contributed by atoms with van der Waals surface area (Å²) in [5, 5.41) is 0. The number of likely N-dealkylation sites (tertiary alicyclic amines) is 1. The molecule has 0 bridgehead atoms. The first-order chi connectivity index (χ1) is 9.65. The SMILES string of the molecule is Cc1ccc(C(=O)N2CC[C@H]3CCCC[C@H]3C2)c(C)c1. The molecule has 0 N–H and O–H groups in total. The molecule has 2 heteroatoms. The van der Waals surface area contributed by atoms with Crippen molar-refractivity contribution in [3.63, 3.8) is 0 Å². The topological polar surface area (TPSA) is 20.3 Å². The summed E-state index contributed by atoms with van der Waals surface area (Å²) in [5.41, 5.74) is 3.23. The van der Waals surface area contributed by atoms with Crippen LogP contribution in [0.25, 0.3) is 0 Å². The number of carbonyl (C=O) groups excluding carboxylic acids is 1. The molecule has 0 unspecified atom stereocenters. The zero-order chi connectivity index (χ0) is 14.1. The number of hydrogen-bond donors (Lipinski definition) is 0. The number of hydrogen-bond acceptors (Lipinski definition) is 1. The smallest absolute Gasteiger partial charge is 0.254 e. The van der Waals surface area contributed by atoms with Crippen LogP contribution in [-0.4, -0.2) is 23.9 Å². The second-order valence-corrected chi connectivity index (χ2v) is 6.66. The van der Waals surface area contributed by atoms with Crippen molar-refractivity contribution < 1.29 is 4.79 Å². The van der Waals surface area contributed by atoms with Crippen molar-refractivity contribution >= 4 is 5.91 Å². The molecule has 1 aromatic carbocycles. The zero-order valence-electron chi connectivity index (χ0n) is 12.7. The summed E-state index contributed by atoms with van der Waals surface area (Å²) in [6.07, 6.45) is 6.66. The number of piperidine rings is 1. The molecule has 1 aliphatic carbocycles. The number of rotatable bonds is 1. The summed E-state index contributed by atoms with van der Waals surface area (Å²) in [6, 6.07) is 6.16. The van der Waals surface area contributed by atoms with Crippen molar-refractivity contribution in [3.8, 4) is 0 Å². The van der Waals surface area contributed by atoms with Crippen LogP contribution in [0, 0.1) is 25.7 Å². The second kappa shape index (κ2) is 5.59. The van der Waals surface area contributed by atoms with E-state index in [1.807, 2.05) is 19.1 Å². The van der Waals surface area contributed by atoms with Gasteiger partial charge in [-0.25, -0.2) is 0 Å². The average Bonchev–Trinajstić information content (AvgIpc) is 2.46. The highest BCUT2D eigenvalue weighted by molar-refractivity contribution is 5.95. The molecule has 0 aromatic heterocycles. The van der Waals surface area contributed by atoms with Gasteiger partial charge in [-0.2, -0.15) is 0 Å². The van der Waals surface area contributed by atoms with E-state index in [0.717, 1.165) is 36.1 Å². The quantitative estimate of drug-likeness (QED) is 0.757.